The smallest absolute Gasteiger partial charge is 0.278 e. The summed E-state index contributed by atoms with van der Waals surface area (Å²) in [7, 11) is 3.14. The Bertz CT molecular complexity index is 931. The van der Waals surface area contributed by atoms with Gasteiger partial charge in [-0.3, -0.25) is 9.69 Å². The third kappa shape index (κ3) is 2.96. The number of nitrogen functional groups attached to an aromatic ring is 1. The van der Waals surface area contributed by atoms with E-state index in [2.05, 4.69) is 37.5 Å². The number of nitrogens with zero attached hydrogens (tertiary/aromatic N) is 4. The molecule has 0 aliphatic rings. The van der Waals surface area contributed by atoms with Crippen LogP contribution in [0.4, 0.5) is 11.8 Å². The van der Waals surface area contributed by atoms with E-state index in [0.717, 1.165) is 3.57 Å². The number of fused-ring (bicyclic) bond motifs is 1. The lowest BCUT2D eigenvalue weighted by Gasteiger charge is -2.19. The minimum atomic E-state index is -0.340. The molecule has 24 heavy (non-hydrogen) atoms. The van der Waals surface area contributed by atoms with Crippen molar-refractivity contribution in [3.8, 4) is 5.75 Å². The third-order valence-electron chi connectivity index (χ3n) is 3.47. The van der Waals surface area contributed by atoms with E-state index in [-0.39, 0.29) is 17.5 Å². The number of carbonyl (C=O) groups excluding carboxylic acids is 1. The van der Waals surface area contributed by atoms with Crippen LogP contribution in [0.15, 0.2) is 36.5 Å². The zero-order valence-corrected chi connectivity index (χ0v) is 15.2. The summed E-state index contributed by atoms with van der Waals surface area (Å²) in [5, 5.41) is 0.642. The number of rotatable bonds is 3. The van der Waals surface area contributed by atoms with Crippen molar-refractivity contribution in [2.75, 3.05) is 24.8 Å². The highest BCUT2D eigenvalue weighted by Gasteiger charge is 2.22. The minimum absolute atomic E-state index is 0.0495. The highest BCUT2D eigenvalue weighted by atomic mass is 127. The van der Waals surface area contributed by atoms with E-state index in [1.807, 2.05) is 18.2 Å². The lowest BCUT2D eigenvalue weighted by molar-refractivity contribution is 0.0988. The summed E-state index contributed by atoms with van der Waals surface area (Å²) in [5.74, 6) is 0.608. The van der Waals surface area contributed by atoms with Crippen LogP contribution in [0.3, 0.4) is 0 Å². The quantitative estimate of drug-likeness (QED) is 0.636. The Balaban J connectivity index is 2.13. The highest BCUT2D eigenvalue weighted by Crippen LogP contribution is 2.27. The molecule has 0 atom stereocenters. The van der Waals surface area contributed by atoms with E-state index in [4.69, 9.17) is 10.5 Å². The molecule has 2 N–H and O–H groups in total. The van der Waals surface area contributed by atoms with E-state index in [1.54, 1.807) is 25.4 Å². The van der Waals surface area contributed by atoms with Crippen LogP contribution in [0.1, 0.15) is 10.5 Å². The fourth-order valence-electron chi connectivity index (χ4n) is 2.33. The summed E-state index contributed by atoms with van der Waals surface area (Å²) >= 11 is 2.17. The van der Waals surface area contributed by atoms with Gasteiger partial charge in [0.25, 0.3) is 5.91 Å². The van der Waals surface area contributed by atoms with Gasteiger partial charge in [0, 0.05) is 22.2 Å². The highest BCUT2D eigenvalue weighted by molar-refractivity contribution is 14.1. The van der Waals surface area contributed by atoms with Crippen molar-refractivity contribution in [3.05, 3.63) is 45.8 Å². The molecule has 0 aliphatic carbocycles. The molecule has 0 spiro atoms. The molecule has 2 heterocycles. The molecule has 0 bridgehead atoms. The second-order valence-corrected chi connectivity index (χ2v) is 6.23. The third-order valence-corrected chi connectivity index (χ3v) is 4.14. The van der Waals surface area contributed by atoms with Gasteiger partial charge in [-0.25, -0.2) is 15.0 Å². The normalized spacial score (nSPS) is 10.6. The minimum Gasteiger partial charge on any atom is -0.493 e. The average Bonchev–Trinajstić information content (AvgIpc) is 2.60. The Morgan fingerprint density at radius 2 is 2.08 bits per heavy atom. The van der Waals surface area contributed by atoms with Gasteiger partial charge in [-0.15, -0.1) is 0 Å². The molecule has 1 aromatic carbocycles. The van der Waals surface area contributed by atoms with E-state index < -0.39 is 0 Å². The number of carbonyl (C=O) groups is 1. The first kappa shape index (κ1) is 16.4. The number of hydrogen-bond donors (Lipinski definition) is 1. The number of halogens is 1. The first-order valence-electron chi connectivity index (χ1n) is 7.01. The Labute approximate surface area is 152 Å². The standard InChI is InChI=1S/C16H14IN5O2/c1-22(14-12(24-2)4-3-7-19-14)15(23)13-10-8-9(17)5-6-11(10)20-16(18)21-13/h3-8H,1-2H3,(H2,18,20,21). The Hall–Kier alpha value is -2.49. The molecular weight excluding hydrogens is 421 g/mol. The fourth-order valence-corrected chi connectivity index (χ4v) is 2.82. The predicted molar refractivity (Wildman–Crippen MR) is 100 cm³/mol. The topological polar surface area (TPSA) is 94.2 Å². The van der Waals surface area contributed by atoms with Crippen LogP contribution >= 0.6 is 22.6 Å². The number of benzene rings is 1. The number of pyridine rings is 1. The fraction of sp³-hybridized carbons (Fsp3) is 0.125. The van der Waals surface area contributed by atoms with Gasteiger partial charge in [-0.1, -0.05) is 0 Å². The van der Waals surface area contributed by atoms with Crippen LogP contribution in [0.5, 0.6) is 5.75 Å². The number of nitrogens with two attached hydrogens (primary N) is 1. The molecule has 1 amide bonds. The molecule has 7 nitrogen and oxygen atoms in total. The van der Waals surface area contributed by atoms with Crippen LogP contribution in [0.25, 0.3) is 10.9 Å². The van der Waals surface area contributed by atoms with Crippen LogP contribution in [0, 0.1) is 3.57 Å². The van der Waals surface area contributed by atoms with Crippen molar-refractivity contribution in [2.45, 2.75) is 0 Å². The van der Waals surface area contributed by atoms with Gasteiger partial charge >= 0.3 is 0 Å². The molecule has 0 saturated carbocycles. The molecule has 0 aliphatic heterocycles. The molecule has 3 rings (SSSR count). The molecule has 2 aromatic heterocycles. The van der Waals surface area contributed by atoms with Crippen LogP contribution in [0.2, 0.25) is 0 Å². The largest absolute Gasteiger partial charge is 0.493 e. The summed E-state index contributed by atoms with van der Waals surface area (Å²) < 4.78 is 6.24. The number of anilines is 2. The molecule has 0 unspecified atom stereocenters. The van der Waals surface area contributed by atoms with Crippen LogP contribution in [-0.4, -0.2) is 35.0 Å². The van der Waals surface area contributed by atoms with E-state index in [1.165, 1.54) is 12.0 Å². The maximum atomic E-state index is 13.0. The molecule has 0 fully saturated rings. The van der Waals surface area contributed by atoms with Crippen molar-refractivity contribution in [1.82, 2.24) is 15.0 Å². The van der Waals surface area contributed by atoms with Crippen molar-refractivity contribution in [3.63, 3.8) is 0 Å². The van der Waals surface area contributed by atoms with Gasteiger partial charge in [-0.05, 0) is 52.9 Å². The Morgan fingerprint density at radius 3 is 2.83 bits per heavy atom. The van der Waals surface area contributed by atoms with Crippen LogP contribution < -0.4 is 15.4 Å². The number of methoxy groups -OCH3 is 1. The monoisotopic (exact) mass is 435 g/mol. The Kier molecular flexibility index (Phi) is 4.47. The van der Waals surface area contributed by atoms with Crippen molar-refractivity contribution < 1.29 is 9.53 Å². The molecule has 0 radical (unpaired) electrons. The summed E-state index contributed by atoms with van der Waals surface area (Å²) in [4.78, 5) is 26.9. The molecular formula is C16H14IN5O2. The zero-order chi connectivity index (χ0) is 17.3. The molecule has 122 valence electrons. The first-order valence-corrected chi connectivity index (χ1v) is 8.09. The summed E-state index contributed by atoms with van der Waals surface area (Å²) in [6.07, 6.45) is 1.59. The Morgan fingerprint density at radius 1 is 1.29 bits per heavy atom. The number of ether oxygens (including phenoxy) is 1. The first-order chi connectivity index (χ1) is 11.5. The summed E-state index contributed by atoms with van der Waals surface area (Å²) in [5.41, 5.74) is 6.61. The maximum Gasteiger partial charge on any atom is 0.278 e. The van der Waals surface area contributed by atoms with Gasteiger partial charge in [0.2, 0.25) is 5.95 Å². The lowest BCUT2D eigenvalue weighted by Crippen LogP contribution is -2.29. The number of aromatic nitrogens is 3. The van der Waals surface area contributed by atoms with Gasteiger partial charge in [0.05, 0.1) is 12.6 Å². The van der Waals surface area contributed by atoms with Gasteiger partial charge in [0.1, 0.15) is 5.69 Å². The SMILES string of the molecule is COc1cccnc1N(C)C(=O)c1nc(N)nc2ccc(I)cc12. The summed E-state index contributed by atoms with van der Waals surface area (Å²) in [6, 6.07) is 9.04. The molecule has 0 saturated heterocycles. The second kappa shape index (κ2) is 6.56. The van der Waals surface area contributed by atoms with E-state index in [0.29, 0.717) is 22.5 Å². The van der Waals surface area contributed by atoms with Crippen molar-refractivity contribution in [2.24, 2.45) is 0 Å². The molecule has 3 aromatic rings. The van der Waals surface area contributed by atoms with Crippen molar-refractivity contribution >= 4 is 51.2 Å². The second-order valence-electron chi connectivity index (χ2n) is 4.99. The van der Waals surface area contributed by atoms with Crippen LogP contribution in [-0.2, 0) is 0 Å². The maximum absolute atomic E-state index is 13.0. The predicted octanol–water partition coefficient (Wildman–Crippen LogP) is 2.50. The van der Waals surface area contributed by atoms with Gasteiger partial charge < -0.3 is 10.5 Å². The number of amides is 1. The zero-order valence-electron chi connectivity index (χ0n) is 13.0. The van der Waals surface area contributed by atoms with E-state index in [9.17, 15) is 4.79 Å². The molecule has 8 heteroatoms. The lowest BCUT2D eigenvalue weighted by atomic mass is 10.1. The average molecular weight is 435 g/mol. The number of hydrogen-bond acceptors (Lipinski definition) is 6. The van der Waals surface area contributed by atoms with Gasteiger partial charge in [0.15, 0.2) is 11.6 Å². The van der Waals surface area contributed by atoms with Gasteiger partial charge in [-0.2, -0.15) is 0 Å². The van der Waals surface area contributed by atoms with E-state index >= 15 is 0 Å². The summed E-state index contributed by atoms with van der Waals surface area (Å²) in [6.45, 7) is 0. The van der Waals surface area contributed by atoms with Crippen molar-refractivity contribution in [1.29, 1.82) is 0 Å².